The number of benzene rings is 2. The van der Waals surface area contributed by atoms with Gasteiger partial charge in [-0.2, -0.15) is 0 Å². The minimum atomic E-state index is -0.384. The molecule has 1 aliphatic rings. The van der Waals surface area contributed by atoms with Crippen LogP contribution in [0.5, 0.6) is 5.75 Å². The molecule has 4 nitrogen and oxygen atoms in total. The van der Waals surface area contributed by atoms with Crippen LogP contribution >= 0.6 is 11.6 Å². The molecule has 3 rings (SSSR count). The van der Waals surface area contributed by atoms with Crippen molar-refractivity contribution < 1.29 is 14.3 Å². The molecule has 0 unspecified atom stereocenters. The minimum absolute atomic E-state index is 0.246. The fraction of sp³-hybridized carbons (Fsp3) is 0.190. The monoisotopic (exact) mass is 369 g/mol. The summed E-state index contributed by atoms with van der Waals surface area (Å²) >= 11 is 6.07. The number of anilines is 1. The molecule has 1 amide bonds. The molecular weight excluding hydrogens is 350 g/mol. The zero-order valence-corrected chi connectivity index (χ0v) is 15.4. The lowest BCUT2D eigenvalue weighted by molar-refractivity contribution is 0.159. The summed E-state index contributed by atoms with van der Waals surface area (Å²) in [4.78, 5) is 14.2. The molecule has 2 aromatic rings. The number of methoxy groups -OCH3 is 1. The van der Waals surface area contributed by atoms with Crippen molar-refractivity contribution in [2.75, 3.05) is 18.6 Å². The van der Waals surface area contributed by atoms with Gasteiger partial charge in [-0.3, -0.25) is 4.90 Å². The zero-order chi connectivity index (χ0) is 18.5. The van der Waals surface area contributed by atoms with Gasteiger partial charge in [0.25, 0.3) is 0 Å². The maximum atomic E-state index is 12.5. The van der Waals surface area contributed by atoms with Crippen LogP contribution in [0.3, 0.4) is 0 Å². The maximum Gasteiger partial charge on any atom is 0.415 e. The second kappa shape index (κ2) is 8.11. The molecule has 0 saturated heterocycles. The highest BCUT2D eigenvalue weighted by Crippen LogP contribution is 2.32. The van der Waals surface area contributed by atoms with E-state index in [2.05, 4.69) is 0 Å². The number of carbonyl (C=O) groups excluding carboxylic acids is 1. The van der Waals surface area contributed by atoms with E-state index in [0.717, 1.165) is 22.6 Å². The van der Waals surface area contributed by atoms with Crippen LogP contribution in [0.25, 0.3) is 12.2 Å². The molecule has 1 atom stereocenters. The lowest BCUT2D eigenvalue weighted by Crippen LogP contribution is -2.40. The molecule has 1 aliphatic heterocycles. The van der Waals surface area contributed by atoms with E-state index in [1.54, 1.807) is 25.0 Å². The van der Waals surface area contributed by atoms with Gasteiger partial charge >= 0.3 is 6.09 Å². The summed E-state index contributed by atoms with van der Waals surface area (Å²) in [6.45, 7) is 2.11. The summed E-state index contributed by atoms with van der Waals surface area (Å²) in [5.41, 5.74) is 2.68. The smallest absolute Gasteiger partial charge is 0.415 e. The summed E-state index contributed by atoms with van der Waals surface area (Å²) in [5.74, 6) is 0.804. The van der Waals surface area contributed by atoms with Crippen molar-refractivity contribution in [3.63, 3.8) is 0 Å². The van der Waals surface area contributed by atoms with Gasteiger partial charge in [-0.15, -0.1) is 0 Å². The minimum Gasteiger partial charge on any atom is -0.497 e. The molecular formula is C21H20ClNO3. The second-order valence-corrected chi connectivity index (χ2v) is 6.19. The maximum absolute atomic E-state index is 12.5. The van der Waals surface area contributed by atoms with Crippen LogP contribution in [0.2, 0.25) is 5.02 Å². The van der Waals surface area contributed by atoms with Crippen LogP contribution in [0.1, 0.15) is 18.1 Å². The van der Waals surface area contributed by atoms with Crippen molar-refractivity contribution in [3.05, 3.63) is 70.8 Å². The Hall–Kier alpha value is -2.72. The van der Waals surface area contributed by atoms with E-state index < -0.39 is 0 Å². The Morgan fingerprint density at radius 3 is 2.69 bits per heavy atom. The molecule has 0 spiro atoms. The van der Waals surface area contributed by atoms with Crippen molar-refractivity contribution in [3.8, 4) is 5.75 Å². The van der Waals surface area contributed by atoms with E-state index in [1.807, 2.05) is 60.7 Å². The highest BCUT2D eigenvalue weighted by molar-refractivity contribution is 6.30. The Labute approximate surface area is 158 Å². The number of carbonyl (C=O) groups is 1. The fourth-order valence-corrected chi connectivity index (χ4v) is 3.00. The molecule has 0 N–H and O–H groups in total. The van der Waals surface area contributed by atoms with Gasteiger partial charge in [0.15, 0.2) is 0 Å². The van der Waals surface area contributed by atoms with Crippen LogP contribution in [0.4, 0.5) is 10.5 Å². The summed E-state index contributed by atoms with van der Waals surface area (Å²) in [6, 6.07) is 12.9. The van der Waals surface area contributed by atoms with Crippen molar-refractivity contribution in [1.82, 2.24) is 0 Å². The molecule has 5 heteroatoms. The summed E-state index contributed by atoms with van der Waals surface area (Å²) in [7, 11) is 1.64. The van der Waals surface area contributed by atoms with E-state index in [-0.39, 0.29) is 12.1 Å². The third-order valence-electron chi connectivity index (χ3n) is 4.09. The van der Waals surface area contributed by atoms with Crippen molar-refractivity contribution in [2.24, 2.45) is 0 Å². The number of amides is 1. The molecule has 0 radical (unpaired) electrons. The Bertz CT molecular complexity index is 843. The van der Waals surface area contributed by atoms with E-state index in [1.165, 1.54) is 0 Å². The van der Waals surface area contributed by atoms with Crippen LogP contribution in [-0.2, 0) is 4.74 Å². The number of rotatable bonds is 4. The molecule has 2 aromatic carbocycles. The zero-order valence-electron chi connectivity index (χ0n) is 14.7. The standard InChI is InChI=1S/C21H20ClNO3/c1-3-26-21(24)23-18(9-4-15-5-11-19(25-2)12-6-15)10-7-16-14-17(22)8-13-20(16)23/h4-14,18H,3H2,1-2H3/b9-4+/t18-/m0/s1. The molecule has 0 aliphatic carbocycles. The summed E-state index contributed by atoms with van der Waals surface area (Å²) in [5, 5.41) is 0.629. The van der Waals surface area contributed by atoms with Crippen molar-refractivity contribution in [1.29, 1.82) is 0 Å². The number of nitrogens with zero attached hydrogens (tertiary/aromatic N) is 1. The second-order valence-electron chi connectivity index (χ2n) is 5.75. The first-order valence-corrected chi connectivity index (χ1v) is 8.76. The first-order valence-electron chi connectivity index (χ1n) is 8.38. The van der Waals surface area contributed by atoms with Gasteiger partial charge in [0, 0.05) is 5.02 Å². The molecule has 1 heterocycles. The molecule has 0 fully saturated rings. The van der Waals surface area contributed by atoms with Gasteiger partial charge < -0.3 is 9.47 Å². The quantitative estimate of drug-likeness (QED) is 0.722. The number of hydrogen-bond donors (Lipinski definition) is 0. The predicted molar refractivity (Wildman–Crippen MR) is 106 cm³/mol. The van der Waals surface area contributed by atoms with Gasteiger partial charge in [0.05, 0.1) is 25.4 Å². The predicted octanol–water partition coefficient (Wildman–Crippen LogP) is 5.42. The van der Waals surface area contributed by atoms with Gasteiger partial charge in [0.1, 0.15) is 5.75 Å². The highest BCUT2D eigenvalue weighted by Gasteiger charge is 2.27. The van der Waals surface area contributed by atoms with Crippen LogP contribution in [0, 0.1) is 0 Å². The van der Waals surface area contributed by atoms with Gasteiger partial charge in [-0.1, -0.05) is 48.0 Å². The Kier molecular flexibility index (Phi) is 5.64. The van der Waals surface area contributed by atoms with Crippen LogP contribution < -0.4 is 9.64 Å². The first-order chi connectivity index (χ1) is 12.6. The number of hydrogen-bond acceptors (Lipinski definition) is 3. The normalized spacial score (nSPS) is 15.8. The Morgan fingerprint density at radius 1 is 1.23 bits per heavy atom. The summed E-state index contributed by atoms with van der Waals surface area (Å²) < 4.78 is 10.4. The summed E-state index contributed by atoms with van der Waals surface area (Å²) in [6.07, 6.45) is 7.48. The molecule has 0 aromatic heterocycles. The Balaban J connectivity index is 1.90. The Morgan fingerprint density at radius 2 is 2.00 bits per heavy atom. The number of halogens is 1. The van der Waals surface area contributed by atoms with E-state index in [0.29, 0.717) is 11.6 Å². The number of fused-ring (bicyclic) bond motifs is 1. The number of ether oxygens (including phenoxy) is 2. The highest BCUT2D eigenvalue weighted by atomic mass is 35.5. The lowest BCUT2D eigenvalue weighted by Gasteiger charge is -2.31. The van der Waals surface area contributed by atoms with Crippen molar-refractivity contribution >= 4 is 35.5 Å². The van der Waals surface area contributed by atoms with Crippen LogP contribution in [0.15, 0.2) is 54.6 Å². The van der Waals surface area contributed by atoms with E-state index >= 15 is 0 Å². The first kappa shape index (κ1) is 18.1. The van der Waals surface area contributed by atoms with Crippen molar-refractivity contribution in [2.45, 2.75) is 13.0 Å². The topological polar surface area (TPSA) is 38.8 Å². The van der Waals surface area contributed by atoms with Gasteiger partial charge in [0.2, 0.25) is 0 Å². The molecule has 26 heavy (non-hydrogen) atoms. The van der Waals surface area contributed by atoms with Gasteiger partial charge in [-0.25, -0.2) is 4.79 Å². The molecule has 0 saturated carbocycles. The van der Waals surface area contributed by atoms with E-state index in [4.69, 9.17) is 21.1 Å². The fourth-order valence-electron chi connectivity index (χ4n) is 2.82. The largest absolute Gasteiger partial charge is 0.497 e. The molecule has 134 valence electrons. The third kappa shape index (κ3) is 3.92. The third-order valence-corrected chi connectivity index (χ3v) is 4.32. The van der Waals surface area contributed by atoms with Crippen LogP contribution in [-0.4, -0.2) is 25.9 Å². The van der Waals surface area contributed by atoms with Gasteiger partial charge in [-0.05, 0) is 48.4 Å². The molecule has 0 bridgehead atoms. The average Bonchev–Trinajstić information content (AvgIpc) is 2.66. The van der Waals surface area contributed by atoms with E-state index in [9.17, 15) is 4.79 Å². The lowest BCUT2D eigenvalue weighted by atomic mass is 10.0. The average molecular weight is 370 g/mol. The SMILES string of the molecule is CCOC(=O)N1c2ccc(Cl)cc2C=C[C@@H]1/C=C/c1ccc(OC)cc1.